The summed E-state index contributed by atoms with van der Waals surface area (Å²) < 4.78 is 15.9. The molecule has 0 radical (unpaired) electrons. The molecule has 1 heterocycles. The lowest BCUT2D eigenvalue weighted by Crippen LogP contribution is -2.46. The second kappa shape index (κ2) is 5.56. The van der Waals surface area contributed by atoms with Crippen LogP contribution in [0, 0.1) is 5.41 Å². The van der Waals surface area contributed by atoms with E-state index in [4.69, 9.17) is 0 Å². The fourth-order valence-electron chi connectivity index (χ4n) is 3.87. The third kappa shape index (κ3) is 2.86. The number of aromatic nitrogens is 1. The first-order chi connectivity index (χ1) is 9.92. The topological polar surface area (TPSA) is 48.0 Å². The van der Waals surface area contributed by atoms with E-state index in [1.54, 1.807) is 0 Å². The summed E-state index contributed by atoms with van der Waals surface area (Å²) in [7, 11) is 0. The maximum atomic E-state index is 12.6. The maximum absolute atomic E-state index is 12.6. The summed E-state index contributed by atoms with van der Waals surface area (Å²) in [5.41, 5.74) is 2.93. The molecule has 0 unspecified atom stereocenters. The second-order valence-corrected chi connectivity index (χ2v) is 9.60. The quantitative estimate of drug-likeness (QED) is 0.848. The molecule has 116 valence electrons. The largest absolute Gasteiger partial charge is 0.598 e. The van der Waals surface area contributed by atoms with Crippen molar-refractivity contribution in [1.82, 2.24) is 9.71 Å². The van der Waals surface area contributed by atoms with Crippen molar-refractivity contribution in [3.63, 3.8) is 0 Å². The molecule has 0 amide bonds. The molecule has 1 aromatic rings. The zero-order valence-corrected chi connectivity index (χ0v) is 14.1. The lowest BCUT2D eigenvalue weighted by atomic mass is 9.70. The Morgan fingerprint density at radius 1 is 1.29 bits per heavy atom. The van der Waals surface area contributed by atoms with Gasteiger partial charge in [-0.25, -0.2) is 0 Å². The first-order valence-corrected chi connectivity index (χ1v) is 9.18. The van der Waals surface area contributed by atoms with E-state index in [2.05, 4.69) is 15.8 Å². The first-order valence-electron chi connectivity index (χ1n) is 8.03. The van der Waals surface area contributed by atoms with Crippen molar-refractivity contribution >= 4 is 11.4 Å². The van der Waals surface area contributed by atoms with Crippen molar-refractivity contribution in [3.05, 3.63) is 29.6 Å². The van der Waals surface area contributed by atoms with Gasteiger partial charge in [-0.2, -0.15) is 0 Å². The number of hydrogen-bond acceptors (Lipinski definition) is 3. The SMILES string of the molecule is CC(C)(C)[S@@+]([O-])N[C@@H]1c2ccncc2CC12CCCCC2. The van der Waals surface area contributed by atoms with Gasteiger partial charge in [-0.05, 0) is 62.6 Å². The van der Waals surface area contributed by atoms with Crippen molar-refractivity contribution in [2.45, 2.75) is 70.1 Å². The number of rotatable bonds is 2. The predicted octanol–water partition coefficient (Wildman–Crippen LogP) is 3.68. The van der Waals surface area contributed by atoms with Gasteiger partial charge in [0.05, 0.1) is 6.04 Å². The fraction of sp³-hybridized carbons (Fsp3) is 0.706. The summed E-state index contributed by atoms with van der Waals surface area (Å²) in [5, 5.41) is 0. The third-order valence-electron chi connectivity index (χ3n) is 5.04. The molecule has 1 saturated carbocycles. The van der Waals surface area contributed by atoms with Crippen LogP contribution in [-0.2, 0) is 17.8 Å². The molecule has 1 aromatic heterocycles. The van der Waals surface area contributed by atoms with Crippen molar-refractivity contribution in [2.75, 3.05) is 0 Å². The van der Waals surface area contributed by atoms with E-state index < -0.39 is 11.4 Å². The predicted molar refractivity (Wildman–Crippen MR) is 87.2 cm³/mol. The Labute approximate surface area is 131 Å². The zero-order chi connectivity index (χ0) is 15.1. The third-order valence-corrected chi connectivity index (χ3v) is 6.60. The van der Waals surface area contributed by atoms with Gasteiger partial charge in [0, 0.05) is 23.8 Å². The monoisotopic (exact) mass is 306 g/mol. The average Bonchev–Trinajstić information content (AvgIpc) is 2.72. The Kier molecular flexibility index (Phi) is 4.06. The molecule has 0 saturated heterocycles. The van der Waals surface area contributed by atoms with E-state index in [1.165, 1.54) is 43.2 Å². The van der Waals surface area contributed by atoms with Gasteiger partial charge in [0.25, 0.3) is 0 Å². The molecule has 0 aromatic carbocycles. The van der Waals surface area contributed by atoms with Crippen LogP contribution in [0.4, 0.5) is 0 Å². The summed E-state index contributed by atoms with van der Waals surface area (Å²) in [6, 6.07) is 2.34. The molecule has 1 spiro atoms. The normalized spacial score (nSPS) is 25.8. The van der Waals surface area contributed by atoms with Crippen LogP contribution in [0.5, 0.6) is 0 Å². The summed E-state index contributed by atoms with van der Waals surface area (Å²) in [5.74, 6) is 0. The van der Waals surface area contributed by atoms with Crippen LogP contribution in [-0.4, -0.2) is 14.3 Å². The van der Waals surface area contributed by atoms with E-state index in [0.29, 0.717) is 0 Å². The molecule has 2 aliphatic carbocycles. The second-order valence-electron chi connectivity index (χ2n) is 7.61. The molecule has 21 heavy (non-hydrogen) atoms. The summed E-state index contributed by atoms with van der Waals surface area (Å²) >= 11 is -1.03. The molecule has 4 heteroatoms. The zero-order valence-electron chi connectivity index (χ0n) is 13.3. The van der Waals surface area contributed by atoms with Crippen LogP contribution in [0.3, 0.4) is 0 Å². The van der Waals surface area contributed by atoms with E-state index >= 15 is 0 Å². The van der Waals surface area contributed by atoms with E-state index in [-0.39, 0.29) is 16.2 Å². The number of hydrogen-bond donors (Lipinski definition) is 1. The highest BCUT2D eigenvalue weighted by Crippen LogP contribution is 2.54. The van der Waals surface area contributed by atoms with Gasteiger partial charge < -0.3 is 4.55 Å². The average molecular weight is 306 g/mol. The number of nitrogens with zero attached hydrogens (tertiary/aromatic N) is 1. The Balaban J connectivity index is 1.92. The molecule has 0 bridgehead atoms. The Bertz CT molecular complexity index is 506. The van der Waals surface area contributed by atoms with Crippen LogP contribution in [0.2, 0.25) is 0 Å². The number of fused-ring (bicyclic) bond motifs is 1. The molecule has 2 aliphatic rings. The highest BCUT2D eigenvalue weighted by molar-refractivity contribution is 7.90. The molecule has 2 atom stereocenters. The van der Waals surface area contributed by atoms with Crippen molar-refractivity contribution < 1.29 is 4.55 Å². The standard InChI is InChI=1S/C17H26N2OS/c1-16(2,3)21(20)19-15-14-7-10-18-12-13(14)11-17(15)8-5-4-6-9-17/h7,10,12,15,19H,4-6,8-9,11H2,1-3H3/t15-,21-/m1/s1. The van der Waals surface area contributed by atoms with Gasteiger partial charge >= 0.3 is 0 Å². The first kappa shape index (κ1) is 15.3. The van der Waals surface area contributed by atoms with Crippen molar-refractivity contribution in [3.8, 4) is 0 Å². The van der Waals surface area contributed by atoms with Gasteiger partial charge in [0.1, 0.15) is 4.75 Å². The highest BCUT2D eigenvalue weighted by Gasteiger charge is 2.49. The van der Waals surface area contributed by atoms with Crippen LogP contribution in [0.15, 0.2) is 18.5 Å². The van der Waals surface area contributed by atoms with Gasteiger partial charge in [-0.3, -0.25) is 4.98 Å². The van der Waals surface area contributed by atoms with Crippen LogP contribution < -0.4 is 4.72 Å². The van der Waals surface area contributed by atoms with E-state index in [9.17, 15) is 4.55 Å². The van der Waals surface area contributed by atoms with Gasteiger partial charge in [-0.1, -0.05) is 19.3 Å². The van der Waals surface area contributed by atoms with Gasteiger partial charge in [0.2, 0.25) is 0 Å². The van der Waals surface area contributed by atoms with Crippen molar-refractivity contribution in [1.29, 1.82) is 0 Å². The lowest BCUT2D eigenvalue weighted by Gasteiger charge is -2.40. The van der Waals surface area contributed by atoms with Crippen molar-refractivity contribution in [2.24, 2.45) is 5.41 Å². The minimum absolute atomic E-state index is 0.218. The summed E-state index contributed by atoms with van der Waals surface area (Å²) in [4.78, 5) is 4.29. The fourth-order valence-corrected chi connectivity index (χ4v) is 4.82. The molecule has 1 fully saturated rings. The smallest absolute Gasteiger partial charge is 0.136 e. The number of nitrogens with one attached hydrogen (secondary N) is 1. The summed E-state index contributed by atoms with van der Waals surface area (Å²) in [6.45, 7) is 6.10. The van der Waals surface area contributed by atoms with Gasteiger partial charge in [0.15, 0.2) is 0 Å². The lowest BCUT2D eigenvalue weighted by molar-refractivity contribution is 0.152. The minimum atomic E-state index is -1.03. The molecule has 1 N–H and O–H groups in total. The van der Waals surface area contributed by atoms with Crippen LogP contribution in [0.25, 0.3) is 0 Å². The highest BCUT2D eigenvalue weighted by atomic mass is 32.2. The van der Waals surface area contributed by atoms with Gasteiger partial charge in [-0.15, -0.1) is 4.72 Å². The number of pyridine rings is 1. The Morgan fingerprint density at radius 3 is 2.67 bits per heavy atom. The molecular formula is C17H26N2OS. The van der Waals surface area contributed by atoms with E-state index in [0.717, 1.165) is 6.42 Å². The van der Waals surface area contributed by atoms with Crippen LogP contribution in [0.1, 0.15) is 70.0 Å². The molecule has 0 aliphatic heterocycles. The summed E-state index contributed by atoms with van der Waals surface area (Å²) in [6.07, 6.45) is 11.4. The molecule has 3 nitrogen and oxygen atoms in total. The Hall–Kier alpha value is -0.580. The van der Waals surface area contributed by atoms with E-state index in [1.807, 2.05) is 33.2 Å². The molecule has 3 rings (SSSR count). The minimum Gasteiger partial charge on any atom is -0.598 e. The molecular weight excluding hydrogens is 280 g/mol. The van der Waals surface area contributed by atoms with Crippen LogP contribution >= 0.6 is 0 Å². The maximum Gasteiger partial charge on any atom is 0.136 e. The Morgan fingerprint density at radius 2 is 2.00 bits per heavy atom.